The summed E-state index contributed by atoms with van der Waals surface area (Å²) in [5.74, 6) is 2.41. The predicted octanol–water partition coefficient (Wildman–Crippen LogP) is 2.89. The summed E-state index contributed by atoms with van der Waals surface area (Å²) in [5, 5.41) is 0. The summed E-state index contributed by atoms with van der Waals surface area (Å²) in [6, 6.07) is 3.88. The van der Waals surface area contributed by atoms with Gasteiger partial charge in [0.2, 0.25) is 0 Å². The monoisotopic (exact) mass is 353 g/mol. The molecule has 0 atom stereocenters. The van der Waals surface area contributed by atoms with E-state index in [4.69, 9.17) is 15.2 Å². The molecule has 0 spiro atoms. The van der Waals surface area contributed by atoms with Gasteiger partial charge in [-0.3, -0.25) is 0 Å². The first kappa shape index (κ1) is 15.9. The number of hydrogen-bond acceptors (Lipinski definition) is 4. The normalized spacial score (nSPS) is 10.7. The largest absolute Gasteiger partial charge is 0.490 e. The molecule has 0 saturated heterocycles. The molecule has 6 heteroatoms. The van der Waals surface area contributed by atoms with Crippen LogP contribution in [-0.4, -0.2) is 22.8 Å². The van der Waals surface area contributed by atoms with Gasteiger partial charge in [0, 0.05) is 18.9 Å². The van der Waals surface area contributed by atoms with E-state index in [2.05, 4.69) is 20.9 Å². The minimum Gasteiger partial charge on any atom is -0.490 e. The fraction of sp³-hybridized carbons (Fsp3) is 0.400. The van der Waals surface area contributed by atoms with Gasteiger partial charge in [-0.2, -0.15) is 0 Å². The Morgan fingerprint density at radius 3 is 2.76 bits per heavy atom. The molecule has 114 valence electrons. The van der Waals surface area contributed by atoms with Gasteiger partial charge in [0.1, 0.15) is 12.4 Å². The molecule has 2 rings (SSSR count). The van der Waals surface area contributed by atoms with E-state index in [0.717, 1.165) is 28.2 Å². The van der Waals surface area contributed by atoms with E-state index in [0.29, 0.717) is 25.5 Å². The van der Waals surface area contributed by atoms with Crippen molar-refractivity contribution >= 4 is 15.9 Å². The van der Waals surface area contributed by atoms with Crippen LogP contribution < -0.4 is 15.2 Å². The second-order valence-electron chi connectivity index (χ2n) is 4.56. The van der Waals surface area contributed by atoms with E-state index in [9.17, 15) is 0 Å². The molecule has 5 nitrogen and oxygen atoms in total. The van der Waals surface area contributed by atoms with Gasteiger partial charge >= 0.3 is 0 Å². The number of benzene rings is 1. The Labute approximate surface area is 133 Å². The maximum atomic E-state index is 5.89. The average Bonchev–Trinajstić information content (AvgIpc) is 2.87. The fourth-order valence-electron chi connectivity index (χ4n) is 2.03. The molecule has 0 aliphatic carbocycles. The maximum absolute atomic E-state index is 5.89. The molecule has 21 heavy (non-hydrogen) atoms. The van der Waals surface area contributed by atoms with Crippen molar-refractivity contribution in [2.75, 3.05) is 13.2 Å². The number of imidazole rings is 1. The van der Waals surface area contributed by atoms with Crippen LogP contribution in [-0.2, 0) is 13.1 Å². The van der Waals surface area contributed by atoms with Crippen molar-refractivity contribution in [2.45, 2.75) is 26.9 Å². The van der Waals surface area contributed by atoms with E-state index >= 15 is 0 Å². The second-order valence-corrected chi connectivity index (χ2v) is 5.41. The average molecular weight is 354 g/mol. The molecular weight excluding hydrogens is 334 g/mol. The van der Waals surface area contributed by atoms with Gasteiger partial charge in [0.05, 0.1) is 17.6 Å². The van der Waals surface area contributed by atoms with Crippen LogP contribution in [0.4, 0.5) is 0 Å². The Morgan fingerprint density at radius 1 is 1.33 bits per heavy atom. The fourth-order valence-corrected chi connectivity index (χ4v) is 2.63. The highest BCUT2D eigenvalue weighted by Crippen LogP contribution is 2.36. The van der Waals surface area contributed by atoms with Crippen LogP contribution in [0, 0.1) is 6.92 Å². The van der Waals surface area contributed by atoms with Crippen LogP contribution in [0.25, 0.3) is 0 Å². The molecule has 0 amide bonds. The summed E-state index contributed by atoms with van der Waals surface area (Å²) in [7, 11) is 0. The lowest BCUT2D eigenvalue weighted by atomic mass is 10.2. The summed E-state index contributed by atoms with van der Waals surface area (Å²) < 4.78 is 14.4. The molecule has 2 aromatic rings. The Hall–Kier alpha value is -1.53. The molecule has 0 aliphatic heterocycles. The summed E-state index contributed by atoms with van der Waals surface area (Å²) >= 11 is 3.52. The first-order valence-electron chi connectivity index (χ1n) is 6.91. The third-order valence-electron chi connectivity index (χ3n) is 3.11. The number of rotatable bonds is 7. The molecule has 0 aliphatic rings. The first-order chi connectivity index (χ1) is 10.2. The zero-order chi connectivity index (χ0) is 15.2. The molecule has 1 aromatic carbocycles. The quantitative estimate of drug-likeness (QED) is 0.831. The van der Waals surface area contributed by atoms with Crippen molar-refractivity contribution in [3.8, 4) is 11.5 Å². The highest BCUT2D eigenvalue weighted by atomic mass is 79.9. The number of aromatic nitrogens is 2. The van der Waals surface area contributed by atoms with Crippen molar-refractivity contribution in [3.05, 3.63) is 40.4 Å². The van der Waals surface area contributed by atoms with Crippen LogP contribution in [0.2, 0.25) is 0 Å². The first-order valence-corrected chi connectivity index (χ1v) is 7.70. The minimum absolute atomic E-state index is 0.465. The van der Waals surface area contributed by atoms with E-state index in [1.54, 1.807) is 6.20 Å². The van der Waals surface area contributed by atoms with Crippen LogP contribution >= 0.6 is 15.9 Å². The SMILES string of the molecule is CCOc1cc(CN)cc(Br)c1OCCn1ccnc1C. The van der Waals surface area contributed by atoms with E-state index < -0.39 is 0 Å². The highest BCUT2D eigenvalue weighted by Gasteiger charge is 2.12. The number of hydrogen-bond donors (Lipinski definition) is 1. The highest BCUT2D eigenvalue weighted by molar-refractivity contribution is 9.10. The van der Waals surface area contributed by atoms with E-state index in [-0.39, 0.29) is 0 Å². The van der Waals surface area contributed by atoms with Gasteiger partial charge < -0.3 is 19.8 Å². The molecule has 2 N–H and O–H groups in total. The second kappa shape index (κ2) is 7.47. The van der Waals surface area contributed by atoms with Gasteiger partial charge in [-0.25, -0.2) is 4.98 Å². The Morgan fingerprint density at radius 2 is 2.14 bits per heavy atom. The summed E-state index contributed by atoms with van der Waals surface area (Å²) in [6.45, 7) is 6.24. The van der Waals surface area contributed by atoms with Crippen LogP contribution in [0.3, 0.4) is 0 Å². The number of aryl methyl sites for hydroxylation is 1. The number of nitrogens with two attached hydrogens (primary N) is 1. The van der Waals surface area contributed by atoms with Gasteiger partial charge in [0.25, 0.3) is 0 Å². The number of ether oxygens (including phenoxy) is 2. The van der Waals surface area contributed by atoms with Crippen LogP contribution in [0.1, 0.15) is 18.3 Å². The zero-order valence-corrected chi connectivity index (χ0v) is 13.9. The van der Waals surface area contributed by atoms with Crippen LogP contribution in [0.5, 0.6) is 11.5 Å². The number of halogens is 1. The minimum atomic E-state index is 0.465. The van der Waals surface area contributed by atoms with Gasteiger partial charge in [-0.1, -0.05) is 0 Å². The smallest absolute Gasteiger partial charge is 0.175 e. The molecule has 0 bridgehead atoms. The zero-order valence-electron chi connectivity index (χ0n) is 12.3. The summed E-state index contributed by atoms with van der Waals surface area (Å²) in [5.41, 5.74) is 6.69. The standard InChI is InChI=1S/C15H20BrN3O2/c1-3-20-14-9-12(10-17)8-13(16)15(14)21-7-6-19-5-4-18-11(19)2/h4-5,8-9H,3,6-7,10,17H2,1-2H3. The third-order valence-corrected chi connectivity index (χ3v) is 3.70. The topological polar surface area (TPSA) is 62.3 Å². The van der Waals surface area contributed by atoms with Gasteiger partial charge in [-0.05, 0) is 47.5 Å². The molecule has 1 heterocycles. The molecule has 0 saturated carbocycles. The third kappa shape index (κ3) is 3.98. The molecule has 0 unspecified atom stereocenters. The lowest BCUT2D eigenvalue weighted by Crippen LogP contribution is -2.10. The van der Waals surface area contributed by atoms with Crippen molar-refractivity contribution in [1.29, 1.82) is 0 Å². The molecule has 0 fully saturated rings. The van der Waals surface area contributed by atoms with Crippen molar-refractivity contribution < 1.29 is 9.47 Å². The molecule has 0 radical (unpaired) electrons. The number of nitrogens with zero attached hydrogens (tertiary/aromatic N) is 2. The van der Waals surface area contributed by atoms with Crippen LogP contribution in [0.15, 0.2) is 29.0 Å². The Kier molecular flexibility index (Phi) is 5.64. The lowest BCUT2D eigenvalue weighted by Gasteiger charge is -2.15. The van der Waals surface area contributed by atoms with Gasteiger partial charge in [0.15, 0.2) is 11.5 Å². The predicted molar refractivity (Wildman–Crippen MR) is 85.7 cm³/mol. The van der Waals surface area contributed by atoms with E-state index in [1.165, 1.54) is 0 Å². The Balaban J connectivity index is 2.09. The summed E-state index contributed by atoms with van der Waals surface area (Å²) in [4.78, 5) is 4.19. The van der Waals surface area contributed by atoms with Crippen molar-refractivity contribution in [1.82, 2.24) is 9.55 Å². The Bertz CT molecular complexity index is 599. The lowest BCUT2D eigenvalue weighted by molar-refractivity contribution is 0.264. The maximum Gasteiger partial charge on any atom is 0.175 e. The van der Waals surface area contributed by atoms with Crippen molar-refractivity contribution in [3.63, 3.8) is 0 Å². The summed E-state index contributed by atoms with van der Waals surface area (Å²) in [6.07, 6.45) is 3.72. The van der Waals surface area contributed by atoms with E-state index in [1.807, 2.05) is 36.7 Å². The van der Waals surface area contributed by atoms with Crippen molar-refractivity contribution in [2.24, 2.45) is 5.73 Å². The van der Waals surface area contributed by atoms with Gasteiger partial charge in [-0.15, -0.1) is 0 Å². The molecular formula is C15H20BrN3O2. The molecule has 1 aromatic heterocycles.